The molecule has 0 aliphatic carbocycles. The van der Waals surface area contributed by atoms with E-state index in [0.29, 0.717) is 13.0 Å². The molecule has 0 saturated carbocycles. The van der Waals surface area contributed by atoms with Gasteiger partial charge in [0.2, 0.25) is 0 Å². The number of likely N-dealkylation sites (tertiary alicyclic amines) is 1. The molecule has 2 aromatic rings. The first kappa shape index (κ1) is 20.4. The summed E-state index contributed by atoms with van der Waals surface area (Å²) in [5.74, 6) is 0.701. The van der Waals surface area contributed by atoms with Crippen LogP contribution in [0.2, 0.25) is 0 Å². The SMILES string of the molecule is CC[C@H](Oc1cc(C)cc(C)c1)C(=O)NCc1ccccc1CN1CCCC1. The third-order valence-electron chi connectivity index (χ3n) is 5.30. The molecule has 1 heterocycles. The van der Waals surface area contributed by atoms with Crippen molar-refractivity contribution in [2.45, 2.75) is 59.2 Å². The van der Waals surface area contributed by atoms with Crippen LogP contribution >= 0.6 is 0 Å². The van der Waals surface area contributed by atoms with Crippen molar-refractivity contribution < 1.29 is 9.53 Å². The quantitative estimate of drug-likeness (QED) is 0.739. The largest absolute Gasteiger partial charge is 0.481 e. The summed E-state index contributed by atoms with van der Waals surface area (Å²) in [6.07, 6.45) is 2.72. The van der Waals surface area contributed by atoms with Gasteiger partial charge in [-0.15, -0.1) is 0 Å². The Bertz CT molecular complexity index is 777. The third kappa shape index (κ3) is 5.59. The highest BCUT2D eigenvalue weighted by atomic mass is 16.5. The van der Waals surface area contributed by atoms with E-state index in [1.54, 1.807) is 0 Å². The molecule has 1 aliphatic heterocycles. The molecule has 2 aromatic carbocycles. The predicted molar refractivity (Wildman–Crippen MR) is 113 cm³/mol. The molecule has 1 atom stereocenters. The number of carbonyl (C=O) groups is 1. The van der Waals surface area contributed by atoms with E-state index in [0.717, 1.165) is 23.4 Å². The van der Waals surface area contributed by atoms with E-state index in [1.165, 1.54) is 37.1 Å². The minimum Gasteiger partial charge on any atom is -0.481 e. The average Bonchev–Trinajstić information content (AvgIpc) is 3.17. The fraction of sp³-hybridized carbons (Fsp3) is 0.458. The number of nitrogens with zero attached hydrogens (tertiary/aromatic N) is 1. The van der Waals surface area contributed by atoms with E-state index in [1.807, 2.05) is 39.0 Å². The second kappa shape index (κ2) is 9.74. The van der Waals surface area contributed by atoms with Crippen LogP contribution in [0.15, 0.2) is 42.5 Å². The number of benzene rings is 2. The number of rotatable bonds is 8. The number of hydrogen-bond acceptors (Lipinski definition) is 3. The first-order valence-electron chi connectivity index (χ1n) is 10.4. The minimum absolute atomic E-state index is 0.0577. The molecule has 1 saturated heterocycles. The van der Waals surface area contributed by atoms with Crippen molar-refractivity contribution in [2.24, 2.45) is 0 Å². The first-order valence-corrected chi connectivity index (χ1v) is 10.4. The Morgan fingerprint density at radius 3 is 2.36 bits per heavy atom. The van der Waals surface area contributed by atoms with Crippen LogP contribution in [0.1, 0.15) is 48.4 Å². The van der Waals surface area contributed by atoms with Crippen LogP contribution in [0.25, 0.3) is 0 Å². The van der Waals surface area contributed by atoms with Crippen LogP contribution in [0.4, 0.5) is 0 Å². The van der Waals surface area contributed by atoms with Gasteiger partial charge in [-0.3, -0.25) is 9.69 Å². The summed E-state index contributed by atoms with van der Waals surface area (Å²) in [6, 6.07) is 14.5. The van der Waals surface area contributed by atoms with Crippen LogP contribution in [0.3, 0.4) is 0 Å². The Morgan fingerprint density at radius 1 is 1.07 bits per heavy atom. The number of hydrogen-bond donors (Lipinski definition) is 1. The molecule has 1 N–H and O–H groups in total. The number of nitrogens with one attached hydrogen (secondary N) is 1. The van der Waals surface area contributed by atoms with Crippen molar-refractivity contribution in [2.75, 3.05) is 13.1 Å². The second-order valence-corrected chi connectivity index (χ2v) is 7.81. The Balaban J connectivity index is 1.60. The van der Waals surface area contributed by atoms with Gasteiger partial charge in [-0.2, -0.15) is 0 Å². The zero-order chi connectivity index (χ0) is 19.9. The van der Waals surface area contributed by atoms with Crippen LogP contribution in [0.5, 0.6) is 5.75 Å². The minimum atomic E-state index is -0.480. The summed E-state index contributed by atoms with van der Waals surface area (Å²) >= 11 is 0. The van der Waals surface area contributed by atoms with Gasteiger partial charge in [0.15, 0.2) is 6.10 Å². The Morgan fingerprint density at radius 2 is 1.71 bits per heavy atom. The van der Waals surface area contributed by atoms with Crippen molar-refractivity contribution in [3.8, 4) is 5.75 Å². The Labute approximate surface area is 168 Å². The maximum Gasteiger partial charge on any atom is 0.261 e. The molecule has 3 rings (SSSR count). The summed E-state index contributed by atoms with van der Waals surface area (Å²) in [6.45, 7) is 9.90. The lowest BCUT2D eigenvalue weighted by atomic mass is 10.1. The summed E-state index contributed by atoms with van der Waals surface area (Å²) < 4.78 is 5.99. The molecule has 4 heteroatoms. The molecule has 1 amide bonds. The summed E-state index contributed by atoms with van der Waals surface area (Å²) in [7, 11) is 0. The lowest BCUT2D eigenvalue weighted by molar-refractivity contribution is -0.128. The lowest BCUT2D eigenvalue weighted by Gasteiger charge is -2.20. The standard InChI is InChI=1S/C24H32N2O2/c1-4-23(28-22-14-18(2)13-19(3)15-22)24(27)25-16-20-9-5-6-10-21(20)17-26-11-7-8-12-26/h5-6,9-10,13-15,23H,4,7-8,11-12,16-17H2,1-3H3,(H,25,27)/t23-/m0/s1. The summed E-state index contributed by atoms with van der Waals surface area (Å²) in [5, 5.41) is 3.08. The van der Waals surface area contributed by atoms with Crippen molar-refractivity contribution in [3.63, 3.8) is 0 Å². The normalized spacial score (nSPS) is 15.4. The molecule has 1 fully saturated rings. The first-order chi connectivity index (χ1) is 13.5. The fourth-order valence-electron chi connectivity index (χ4n) is 3.85. The zero-order valence-electron chi connectivity index (χ0n) is 17.3. The van der Waals surface area contributed by atoms with E-state index in [-0.39, 0.29) is 5.91 Å². The van der Waals surface area contributed by atoms with E-state index in [9.17, 15) is 4.79 Å². The lowest BCUT2D eigenvalue weighted by Crippen LogP contribution is -2.37. The van der Waals surface area contributed by atoms with Gasteiger partial charge in [0.25, 0.3) is 5.91 Å². The van der Waals surface area contributed by atoms with Crippen LogP contribution in [-0.4, -0.2) is 30.0 Å². The maximum absolute atomic E-state index is 12.7. The van der Waals surface area contributed by atoms with Gasteiger partial charge >= 0.3 is 0 Å². The maximum atomic E-state index is 12.7. The number of amides is 1. The molecule has 0 unspecified atom stereocenters. The van der Waals surface area contributed by atoms with Gasteiger partial charge in [0.1, 0.15) is 5.75 Å². The van der Waals surface area contributed by atoms with Gasteiger partial charge < -0.3 is 10.1 Å². The monoisotopic (exact) mass is 380 g/mol. The van der Waals surface area contributed by atoms with E-state index in [2.05, 4.69) is 34.5 Å². The van der Waals surface area contributed by atoms with Crippen molar-refractivity contribution in [1.82, 2.24) is 10.2 Å². The predicted octanol–water partition coefficient (Wildman–Crippen LogP) is 4.37. The highest BCUT2D eigenvalue weighted by Gasteiger charge is 2.19. The molecular weight excluding hydrogens is 348 g/mol. The van der Waals surface area contributed by atoms with E-state index in [4.69, 9.17) is 4.74 Å². The van der Waals surface area contributed by atoms with E-state index < -0.39 is 6.10 Å². The molecular formula is C24H32N2O2. The molecule has 28 heavy (non-hydrogen) atoms. The van der Waals surface area contributed by atoms with Crippen LogP contribution in [-0.2, 0) is 17.9 Å². The Hall–Kier alpha value is -2.33. The highest BCUT2D eigenvalue weighted by Crippen LogP contribution is 2.19. The fourth-order valence-corrected chi connectivity index (χ4v) is 3.85. The van der Waals surface area contributed by atoms with Gasteiger partial charge in [-0.25, -0.2) is 0 Å². The molecule has 1 aliphatic rings. The number of carbonyl (C=O) groups excluding carboxylic acids is 1. The van der Waals surface area contributed by atoms with Gasteiger partial charge in [-0.1, -0.05) is 37.3 Å². The Kier molecular flexibility index (Phi) is 7.10. The van der Waals surface area contributed by atoms with Gasteiger partial charge in [-0.05, 0) is 80.6 Å². The summed E-state index contributed by atoms with van der Waals surface area (Å²) in [5.41, 5.74) is 4.76. The average molecular weight is 381 g/mol. The smallest absolute Gasteiger partial charge is 0.261 e. The molecule has 0 bridgehead atoms. The molecule has 150 valence electrons. The van der Waals surface area contributed by atoms with Crippen molar-refractivity contribution in [3.05, 3.63) is 64.7 Å². The zero-order valence-corrected chi connectivity index (χ0v) is 17.3. The molecule has 0 spiro atoms. The molecule has 0 aromatic heterocycles. The molecule has 4 nitrogen and oxygen atoms in total. The number of ether oxygens (including phenoxy) is 1. The van der Waals surface area contributed by atoms with Crippen molar-refractivity contribution >= 4 is 5.91 Å². The van der Waals surface area contributed by atoms with Gasteiger partial charge in [0, 0.05) is 13.1 Å². The van der Waals surface area contributed by atoms with Crippen LogP contribution in [0, 0.1) is 13.8 Å². The second-order valence-electron chi connectivity index (χ2n) is 7.81. The molecule has 0 radical (unpaired) electrons. The van der Waals surface area contributed by atoms with Crippen LogP contribution < -0.4 is 10.1 Å². The highest BCUT2D eigenvalue weighted by molar-refractivity contribution is 5.81. The number of aryl methyl sites for hydroxylation is 2. The third-order valence-corrected chi connectivity index (χ3v) is 5.30. The topological polar surface area (TPSA) is 41.6 Å². The summed E-state index contributed by atoms with van der Waals surface area (Å²) in [4.78, 5) is 15.2. The van der Waals surface area contributed by atoms with E-state index >= 15 is 0 Å². The van der Waals surface area contributed by atoms with Crippen molar-refractivity contribution in [1.29, 1.82) is 0 Å². The van der Waals surface area contributed by atoms with Gasteiger partial charge in [0.05, 0.1) is 0 Å².